The molecule has 3 nitrogen and oxygen atoms in total. The van der Waals surface area contributed by atoms with Crippen LogP contribution in [-0.4, -0.2) is 35.5 Å². The van der Waals surface area contributed by atoms with E-state index >= 15 is 0 Å². The summed E-state index contributed by atoms with van der Waals surface area (Å²) >= 11 is 1.72. The number of nitrogens with zero attached hydrogens (tertiary/aromatic N) is 1. The molecular formula is C10H16N2OS. The first-order valence-electron chi connectivity index (χ1n) is 4.68. The summed E-state index contributed by atoms with van der Waals surface area (Å²) in [4.78, 5) is 4.21. The quantitative estimate of drug-likeness (QED) is 0.694. The summed E-state index contributed by atoms with van der Waals surface area (Å²) in [6.07, 6.45) is 2.75. The zero-order valence-electron chi connectivity index (χ0n) is 8.31. The Hall–Kier alpha value is -0.580. The van der Waals surface area contributed by atoms with Gasteiger partial charge in [0.15, 0.2) is 0 Å². The molecule has 0 bridgehead atoms. The van der Waals surface area contributed by atoms with Gasteiger partial charge in [0.1, 0.15) is 0 Å². The third kappa shape index (κ3) is 4.09. The first-order chi connectivity index (χ1) is 6.86. The lowest BCUT2D eigenvalue weighted by Gasteiger charge is -2.11. The highest BCUT2D eigenvalue weighted by Crippen LogP contribution is 2.15. The standard InChI is InChI=1S/C10H16N2OS/c1-11-9(8-13)5-7-14-10-4-2-3-6-12-10/h2-4,6,9,11,13H,5,7-8H2,1H3. The third-order valence-corrected chi connectivity index (χ3v) is 2.96. The van der Waals surface area contributed by atoms with Crippen molar-refractivity contribution in [3.63, 3.8) is 0 Å². The number of rotatable bonds is 6. The second-order valence-corrected chi connectivity index (χ2v) is 4.09. The van der Waals surface area contributed by atoms with Gasteiger partial charge in [0.25, 0.3) is 0 Å². The van der Waals surface area contributed by atoms with Crippen molar-refractivity contribution >= 4 is 11.8 Å². The highest BCUT2D eigenvalue weighted by atomic mass is 32.2. The molecule has 0 radical (unpaired) electrons. The van der Waals surface area contributed by atoms with E-state index in [4.69, 9.17) is 5.11 Å². The second kappa shape index (κ2) is 6.81. The Labute approximate surface area is 88.9 Å². The van der Waals surface area contributed by atoms with E-state index in [1.165, 1.54) is 0 Å². The van der Waals surface area contributed by atoms with Gasteiger partial charge in [-0.25, -0.2) is 4.98 Å². The fourth-order valence-electron chi connectivity index (χ4n) is 1.07. The molecule has 0 saturated heterocycles. The number of thioether (sulfide) groups is 1. The van der Waals surface area contributed by atoms with E-state index < -0.39 is 0 Å². The van der Waals surface area contributed by atoms with Gasteiger partial charge in [-0.15, -0.1) is 11.8 Å². The summed E-state index contributed by atoms with van der Waals surface area (Å²) < 4.78 is 0. The van der Waals surface area contributed by atoms with Gasteiger partial charge in [-0.05, 0) is 25.6 Å². The Kier molecular flexibility index (Phi) is 5.59. The molecule has 0 spiro atoms. The molecule has 2 N–H and O–H groups in total. The first kappa shape index (κ1) is 11.5. The van der Waals surface area contributed by atoms with Gasteiger partial charge in [-0.1, -0.05) is 6.07 Å². The van der Waals surface area contributed by atoms with E-state index in [0.717, 1.165) is 17.2 Å². The average molecular weight is 212 g/mol. The Morgan fingerprint density at radius 2 is 2.43 bits per heavy atom. The van der Waals surface area contributed by atoms with Gasteiger partial charge >= 0.3 is 0 Å². The van der Waals surface area contributed by atoms with Gasteiger partial charge in [0, 0.05) is 18.0 Å². The molecule has 1 aromatic rings. The maximum Gasteiger partial charge on any atom is 0.0959 e. The van der Waals surface area contributed by atoms with Crippen molar-refractivity contribution in [2.45, 2.75) is 17.5 Å². The van der Waals surface area contributed by atoms with Gasteiger partial charge in [0.2, 0.25) is 0 Å². The SMILES string of the molecule is CNC(CO)CCSc1ccccn1. The fourth-order valence-corrected chi connectivity index (χ4v) is 1.99. The van der Waals surface area contributed by atoms with Gasteiger partial charge < -0.3 is 10.4 Å². The Balaban J connectivity index is 2.21. The van der Waals surface area contributed by atoms with E-state index in [2.05, 4.69) is 10.3 Å². The zero-order valence-corrected chi connectivity index (χ0v) is 9.13. The molecule has 0 aliphatic rings. The molecule has 1 aromatic heterocycles. The maximum absolute atomic E-state index is 8.94. The molecule has 0 aliphatic heterocycles. The molecule has 1 unspecified atom stereocenters. The molecule has 4 heteroatoms. The van der Waals surface area contributed by atoms with Crippen molar-refractivity contribution in [3.8, 4) is 0 Å². The van der Waals surface area contributed by atoms with Crippen LogP contribution in [0.1, 0.15) is 6.42 Å². The number of hydrogen-bond donors (Lipinski definition) is 2. The Bertz CT molecular complexity index is 239. The molecule has 0 saturated carbocycles. The zero-order chi connectivity index (χ0) is 10.2. The number of aliphatic hydroxyl groups excluding tert-OH is 1. The molecule has 0 fully saturated rings. The number of likely N-dealkylation sites (N-methyl/N-ethyl adjacent to an activating group) is 1. The predicted molar refractivity (Wildman–Crippen MR) is 59.5 cm³/mol. The van der Waals surface area contributed by atoms with Crippen LogP contribution in [-0.2, 0) is 0 Å². The molecule has 14 heavy (non-hydrogen) atoms. The van der Waals surface area contributed by atoms with Crippen LogP contribution >= 0.6 is 11.8 Å². The molecule has 0 amide bonds. The van der Waals surface area contributed by atoms with Crippen molar-refractivity contribution in [2.75, 3.05) is 19.4 Å². The fraction of sp³-hybridized carbons (Fsp3) is 0.500. The predicted octanol–water partition coefficient (Wildman–Crippen LogP) is 1.14. The number of hydrogen-bond acceptors (Lipinski definition) is 4. The topological polar surface area (TPSA) is 45.1 Å². The van der Waals surface area contributed by atoms with E-state index in [1.807, 2.05) is 25.2 Å². The average Bonchev–Trinajstić information content (AvgIpc) is 2.26. The maximum atomic E-state index is 8.94. The highest BCUT2D eigenvalue weighted by Gasteiger charge is 2.03. The van der Waals surface area contributed by atoms with E-state index in [1.54, 1.807) is 18.0 Å². The third-order valence-electron chi connectivity index (χ3n) is 1.98. The normalized spacial score (nSPS) is 12.7. The second-order valence-electron chi connectivity index (χ2n) is 2.97. The molecule has 1 heterocycles. The van der Waals surface area contributed by atoms with Gasteiger partial charge in [0.05, 0.1) is 11.6 Å². The van der Waals surface area contributed by atoms with Crippen LogP contribution in [0.2, 0.25) is 0 Å². The monoisotopic (exact) mass is 212 g/mol. The molecule has 78 valence electrons. The van der Waals surface area contributed by atoms with E-state index in [0.29, 0.717) is 0 Å². The smallest absolute Gasteiger partial charge is 0.0959 e. The number of nitrogens with one attached hydrogen (secondary N) is 1. The summed E-state index contributed by atoms with van der Waals surface area (Å²) in [5.74, 6) is 0.975. The molecular weight excluding hydrogens is 196 g/mol. The van der Waals surface area contributed by atoms with Crippen LogP contribution in [0.5, 0.6) is 0 Å². The van der Waals surface area contributed by atoms with E-state index in [-0.39, 0.29) is 12.6 Å². The first-order valence-corrected chi connectivity index (χ1v) is 5.67. The van der Waals surface area contributed by atoms with Gasteiger partial charge in [-0.3, -0.25) is 0 Å². The molecule has 1 atom stereocenters. The summed E-state index contributed by atoms with van der Waals surface area (Å²) in [7, 11) is 1.87. The van der Waals surface area contributed by atoms with Crippen molar-refractivity contribution in [1.29, 1.82) is 0 Å². The van der Waals surface area contributed by atoms with Gasteiger partial charge in [-0.2, -0.15) is 0 Å². The minimum Gasteiger partial charge on any atom is -0.395 e. The lowest BCUT2D eigenvalue weighted by molar-refractivity contribution is 0.246. The lowest BCUT2D eigenvalue weighted by Crippen LogP contribution is -2.29. The number of aliphatic hydroxyl groups is 1. The van der Waals surface area contributed by atoms with E-state index in [9.17, 15) is 0 Å². The van der Waals surface area contributed by atoms with Crippen LogP contribution in [0.3, 0.4) is 0 Å². The summed E-state index contributed by atoms with van der Waals surface area (Å²) in [6.45, 7) is 0.194. The van der Waals surface area contributed by atoms with Crippen molar-refractivity contribution in [1.82, 2.24) is 10.3 Å². The van der Waals surface area contributed by atoms with Crippen LogP contribution in [0.25, 0.3) is 0 Å². The Morgan fingerprint density at radius 1 is 1.57 bits per heavy atom. The summed E-state index contributed by atoms with van der Waals surface area (Å²) in [5, 5.41) is 13.0. The summed E-state index contributed by atoms with van der Waals surface area (Å²) in [6, 6.07) is 6.09. The van der Waals surface area contributed by atoms with Crippen molar-refractivity contribution in [3.05, 3.63) is 24.4 Å². The van der Waals surface area contributed by atoms with Crippen LogP contribution in [0.15, 0.2) is 29.4 Å². The highest BCUT2D eigenvalue weighted by molar-refractivity contribution is 7.99. The number of pyridine rings is 1. The lowest BCUT2D eigenvalue weighted by atomic mass is 10.2. The largest absolute Gasteiger partial charge is 0.395 e. The molecule has 0 aromatic carbocycles. The van der Waals surface area contributed by atoms with Crippen LogP contribution < -0.4 is 5.32 Å². The number of aromatic nitrogens is 1. The summed E-state index contributed by atoms with van der Waals surface area (Å²) in [5.41, 5.74) is 0. The van der Waals surface area contributed by atoms with Crippen molar-refractivity contribution in [2.24, 2.45) is 0 Å². The van der Waals surface area contributed by atoms with Crippen molar-refractivity contribution < 1.29 is 5.11 Å². The van der Waals surface area contributed by atoms with Crippen LogP contribution in [0.4, 0.5) is 0 Å². The molecule has 1 rings (SSSR count). The Morgan fingerprint density at radius 3 is 3.00 bits per heavy atom. The molecule has 0 aliphatic carbocycles. The minimum absolute atomic E-state index is 0.194. The minimum atomic E-state index is 0.194. The van der Waals surface area contributed by atoms with Crippen LogP contribution in [0, 0.1) is 0 Å².